The molecule has 1 aliphatic heterocycles. The van der Waals surface area contributed by atoms with Gasteiger partial charge < -0.3 is 14.6 Å². The molecule has 1 saturated heterocycles. The monoisotopic (exact) mass is 203 g/mol. The van der Waals surface area contributed by atoms with E-state index in [0.29, 0.717) is 13.2 Å². The minimum atomic E-state index is -0.118. The lowest BCUT2D eigenvalue weighted by atomic mass is 10.1. The van der Waals surface area contributed by atoms with Crippen LogP contribution < -0.4 is 0 Å². The molecule has 1 aliphatic rings. The zero-order chi connectivity index (χ0) is 10.4. The molecule has 1 N–H and O–H groups in total. The molecule has 0 bridgehead atoms. The highest BCUT2D eigenvalue weighted by Crippen LogP contribution is 2.10. The lowest BCUT2D eigenvalue weighted by molar-refractivity contribution is -0.145. The summed E-state index contributed by atoms with van der Waals surface area (Å²) in [5, 5.41) is 9.09. The summed E-state index contributed by atoms with van der Waals surface area (Å²) in [5.41, 5.74) is 0. The molecule has 0 aromatic carbocycles. The quantitative estimate of drug-likeness (QED) is 0.610. The van der Waals surface area contributed by atoms with Gasteiger partial charge in [-0.15, -0.1) is 0 Å². The molecular weight excluding hydrogens is 182 g/mol. The smallest absolute Gasteiger partial charge is 0.158 e. The van der Waals surface area contributed by atoms with Gasteiger partial charge in [0.1, 0.15) is 0 Å². The van der Waals surface area contributed by atoms with Crippen molar-refractivity contribution in [2.45, 2.75) is 32.7 Å². The first-order valence-electron chi connectivity index (χ1n) is 5.39. The molecule has 0 aliphatic carbocycles. The number of hydrogen-bond acceptors (Lipinski definition) is 4. The lowest BCUT2D eigenvalue weighted by Gasteiger charge is -2.36. The average Bonchev–Trinajstić information content (AvgIpc) is 2.11. The molecule has 0 radical (unpaired) electrons. The number of β-amino-alcohol motifs (C(OH)–C–C–N with tert-alkyl or cyclic N) is 1. The second-order valence-corrected chi connectivity index (χ2v) is 3.54. The zero-order valence-corrected chi connectivity index (χ0v) is 9.11. The number of aliphatic hydroxyl groups excluding tert-OH is 1. The van der Waals surface area contributed by atoms with Gasteiger partial charge in [-0.2, -0.15) is 0 Å². The Morgan fingerprint density at radius 3 is 2.29 bits per heavy atom. The van der Waals surface area contributed by atoms with E-state index >= 15 is 0 Å². The van der Waals surface area contributed by atoms with Gasteiger partial charge in [0.15, 0.2) is 6.29 Å². The van der Waals surface area contributed by atoms with Crippen LogP contribution in [0.15, 0.2) is 0 Å². The Morgan fingerprint density at radius 2 is 1.86 bits per heavy atom. The van der Waals surface area contributed by atoms with Crippen LogP contribution in [0.1, 0.15) is 20.3 Å². The molecule has 0 saturated carbocycles. The SMILES string of the molecule is CCOC(CCN1CC(O)C1)OCC. The summed E-state index contributed by atoms with van der Waals surface area (Å²) in [7, 11) is 0. The molecule has 4 heteroatoms. The molecule has 4 nitrogen and oxygen atoms in total. The Kier molecular flexibility index (Phi) is 5.40. The summed E-state index contributed by atoms with van der Waals surface area (Å²) in [5.74, 6) is 0. The van der Waals surface area contributed by atoms with Gasteiger partial charge >= 0.3 is 0 Å². The van der Waals surface area contributed by atoms with Gasteiger partial charge in [0.25, 0.3) is 0 Å². The maximum absolute atomic E-state index is 9.09. The van der Waals surface area contributed by atoms with Gasteiger partial charge in [-0.3, -0.25) is 4.90 Å². The highest BCUT2D eigenvalue weighted by molar-refractivity contribution is 4.78. The maximum Gasteiger partial charge on any atom is 0.158 e. The molecule has 1 heterocycles. The van der Waals surface area contributed by atoms with Crippen LogP contribution in [0.3, 0.4) is 0 Å². The molecule has 0 atom stereocenters. The number of likely N-dealkylation sites (tertiary alicyclic amines) is 1. The summed E-state index contributed by atoms with van der Waals surface area (Å²) >= 11 is 0. The van der Waals surface area contributed by atoms with Crippen LogP contribution in [0.4, 0.5) is 0 Å². The first-order valence-corrected chi connectivity index (χ1v) is 5.39. The van der Waals surface area contributed by atoms with Crippen molar-refractivity contribution in [1.82, 2.24) is 4.90 Å². The Balaban J connectivity index is 2.06. The highest BCUT2D eigenvalue weighted by Gasteiger charge is 2.24. The van der Waals surface area contributed by atoms with Crippen molar-refractivity contribution in [3.8, 4) is 0 Å². The van der Waals surface area contributed by atoms with E-state index in [9.17, 15) is 0 Å². The van der Waals surface area contributed by atoms with Gasteiger partial charge in [0.05, 0.1) is 6.10 Å². The van der Waals surface area contributed by atoms with Crippen molar-refractivity contribution in [2.75, 3.05) is 32.8 Å². The van der Waals surface area contributed by atoms with E-state index in [0.717, 1.165) is 26.1 Å². The van der Waals surface area contributed by atoms with E-state index in [1.165, 1.54) is 0 Å². The van der Waals surface area contributed by atoms with Crippen molar-refractivity contribution in [3.63, 3.8) is 0 Å². The molecule has 0 spiro atoms. The van der Waals surface area contributed by atoms with Crippen molar-refractivity contribution in [1.29, 1.82) is 0 Å². The maximum atomic E-state index is 9.09. The summed E-state index contributed by atoms with van der Waals surface area (Å²) < 4.78 is 10.8. The molecule has 0 aromatic rings. The van der Waals surface area contributed by atoms with E-state index in [1.54, 1.807) is 0 Å². The number of nitrogens with zero attached hydrogens (tertiary/aromatic N) is 1. The summed E-state index contributed by atoms with van der Waals surface area (Å²) in [4.78, 5) is 2.20. The van der Waals surface area contributed by atoms with Crippen LogP contribution in [-0.4, -0.2) is 55.2 Å². The van der Waals surface area contributed by atoms with E-state index in [4.69, 9.17) is 14.6 Å². The molecular formula is C10H21NO3. The third kappa shape index (κ3) is 3.92. The average molecular weight is 203 g/mol. The van der Waals surface area contributed by atoms with Gasteiger partial charge in [-0.1, -0.05) is 0 Å². The predicted octanol–water partition coefficient (Wildman–Crippen LogP) is 0.452. The normalized spacial score (nSPS) is 18.9. The minimum Gasteiger partial charge on any atom is -0.390 e. The Labute approximate surface area is 85.8 Å². The van der Waals surface area contributed by atoms with Crippen molar-refractivity contribution >= 4 is 0 Å². The van der Waals surface area contributed by atoms with Gasteiger partial charge in [0, 0.05) is 39.3 Å². The minimum absolute atomic E-state index is 0.0808. The first kappa shape index (κ1) is 11.9. The molecule has 14 heavy (non-hydrogen) atoms. The van der Waals surface area contributed by atoms with Gasteiger partial charge in [-0.25, -0.2) is 0 Å². The number of rotatable bonds is 7. The van der Waals surface area contributed by atoms with Crippen molar-refractivity contribution in [3.05, 3.63) is 0 Å². The predicted molar refractivity (Wildman–Crippen MR) is 54.1 cm³/mol. The van der Waals surface area contributed by atoms with E-state index < -0.39 is 0 Å². The van der Waals surface area contributed by atoms with Gasteiger partial charge in [0.2, 0.25) is 0 Å². The van der Waals surface area contributed by atoms with E-state index in [-0.39, 0.29) is 12.4 Å². The third-order valence-electron chi connectivity index (χ3n) is 2.32. The van der Waals surface area contributed by atoms with Crippen LogP contribution >= 0.6 is 0 Å². The number of ether oxygens (including phenoxy) is 2. The number of aliphatic hydroxyl groups is 1. The molecule has 0 unspecified atom stereocenters. The molecule has 84 valence electrons. The fraction of sp³-hybridized carbons (Fsp3) is 1.00. The Morgan fingerprint density at radius 1 is 1.29 bits per heavy atom. The topological polar surface area (TPSA) is 41.9 Å². The number of hydrogen-bond donors (Lipinski definition) is 1. The fourth-order valence-corrected chi connectivity index (χ4v) is 1.60. The summed E-state index contributed by atoms with van der Waals surface area (Å²) in [6.45, 7) is 7.86. The Bertz CT molecular complexity index is 142. The van der Waals surface area contributed by atoms with E-state index in [1.807, 2.05) is 13.8 Å². The molecule has 1 rings (SSSR count). The van der Waals surface area contributed by atoms with Crippen LogP contribution in [0.5, 0.6) is 0 Å². The summed E-state index contributed by atoms with van der Waals surface area (Å²) in [6.07, 6.45) is 0.685. The van der Waals surface area contributed by atoms with Crippen LogP contribution in [-0.2, 0) is 9.47 Å². The van der Waals surface area contributed by atoms with Crippen molar-refractivity contribution < 1.29 is 14.6 Å². The van der Waals surface area contributed by atoms with E-state index in [2.05, 4.69) is 4.90 Å². The molecule has 0 aromatic heterocycles. The third-order valence-corrected chi connectivity index (χ3v) is 2.32. The van der Waals surface area contributed by atoms with Crippen LogP contribution in [0, 0.1) is 0 Å². The zero-order valence-electron chi connectivity index (χ0n) is 9.11. The molecule has 1 fully saturated rings. The fourth-order valence-electron chi connectivity index (χ4n) is 1.60. The lowest BCUT2D eigenvalue weighted by Crippen LogP contribution is -2.51. The summed E-state index contributed by atoms with van der Waals surface area (Å²) in [6, 6.07) is 0. The first-order chi connectivity index (χ1) is 6.76. The standard InChI is InChI=1S/C10H21NO3/c1-3-13-10(14-4-2)5-6-11-7-9(12)8-11/h9-10,12H,3-8H2,1-2H3. The highest BCUT2D eigenvalue weighted by atomic mass is 16.7. The van der Waals surface area contributed by atoms with Crippen LogP contribution in [0.2, 0.25) is 0 Å². The second kappa shape index (κ2) is 6.35. The molecule has 0 amide bonds. The van der Waals surface area contributed by atoms with Crippen molar-refractivity contribution in [2.24, 2.45) is 0 Å². The van der Waals surface area contributed by atoms with Crippen LogP contribution in [0.25, 0.3) is 0 Å². The van der Waals surface area contributed by atoms with Gasteiger partial charge in [-0.05, 0) is 13.8 Å². The second-order valence-electron chi connectivity index (χ2n) is 3.54. The Hall–Kier alpha value is -0.160. The largest absolute Gasteiger partial charge is 0.390 e.